The fourth-order valence-electron chi connectivity index (χ4n) is 4.25. The summed E-state index contributed by atoms with van der Waals surface area (Å²) >= 11 is 12.9. The highest BCUT2D eigenvalue weighted by molar-refractivity contribution is 6.33. The molecule has 10 heteroatoms. The Balaban J connectivity index is 1.37. The molecular weight excluding hydrogens is 475 g/mol. The molecule has 0 saturated heterocycles. The van der Waals surface area contributed by atoms with Gasteiger partial charge in [0.2, 0.25) is 0 Å². The average Bonchev–Trinajstić information content (AvgIpc) is 3.48. The molecule has 4 aromatic rings. The number of carbonyl (C=O) groups is 1. The summed E-state index contributed by atoms with van der Waals surface area (Å²) in [6.07, 6.45) is 6.96. The minimum atomic E-state index is -0.259. The lowest BCUT2D eigenvalue weighted by atomic mass is 10.0. The van der Waals surface area contributed by atoms with Crippen molar-refractivity contribution < 1.29 is 9.53 Å². The average molecular weight is 495 g/mol. The van der Waals surface area contributed by atoms with Crippen LogP contribution in [0.1, 0.15) is 51.6 Å². The van der Waals surface area contributed by atoms with E-state index in [4.69, 9.17) is 27.9 Å². The van der Waals surface area contributed by atoms with Gasteiger partial charge in [0.15, 0.2) is 5.15 Å². The van der Waals surface area contributed by atoms with Crippen molar-refractivity contribution >= 4 is 45.7 Å². The van der Waals surface area contributed by atoms with Crippen LogP contribution in [0.2, 0.25) is 10.3 Å². The summed E-state index contributed by atoms with van der Waals surface area (Å²) in [5, 5.41) is 6.03. The van der Waals surface area contributed by atoms with Crippen LogP contribution in [0.15, 0.2) is 36.8 Å². The highest BCUT2D eigenvalue weighted by Gasteiger charge is 2.28. The van der Waals surface area contributed by atoms with E-state index in [1.807, 2.05) is 18.2 Å². The van der Waals surface area contributed by atoms with Crippen LogP contribution in [0.25, 0.3) is 10.9 Å². The van der Waals surface area contributed by atoms with E-state index in [2.05, 4.69) is 20.1 Å². The molecule has 0 N–H and O–H groups in total. The molecule has 2 aliphatic rings. The Labute approximate surface area is 205 Å². The molecule has 8 nitrogen and oxygen atoms in total. The Morgan fingerprint density at radius 3 is 2.62 bits per heavy atom. The number of hydrogen-bond donors (Lipinski definition) is 0. The number of ether oxygens (including phenoxy) is 1. The molecule has 1 fully saturated rings. The molecule has 1 aliphatic carbocycles. The highest BCUT2D eigenvalue weighted by Crippen LogP contribution is 2.38. The molecular formula is C24H20Cl2N6O2. The molecule has 0 radical (unpaired) electrons. The number of anilines is 1. The largest absolute Gasteiger partial charge is 0.372 e. The molecule has 1 aromatic carbocycles. The first kappa shape index (κ1) is 21.5. The van der Waals surface area contributed by atoms with Crippen LogP contribution in [0.4, 0.5) is 5.69 Å². The number of rotatable bonds is 5. The Morgan fingerprint density at radius 1 is 1.15 bits per heavy atom. The van der Waals surface area contributed by atoms with Crippen molar-refractivity contribution in [1.82, 2.24) is 24.7 Å². The molecule has 6 rings (SSSR count). The first-order chi connectivity index (χ1) is 16.5. The number of aryl methyl sites for hydroxylation is 1. The molecule has 1 amide bonds. The Bertz CT molecular complexity index is 1430. The molecule has 0 atom stereocenters. The summed E-state index contributed by atoms with van der Waals surface area (Å²) in [6, 6.07) is 5.92. The van der Waals surface area contributed by atoms with Crippen LogP contribution in [-0.4, -0.2) is 30.6 Å². The second-order valence-corrected chi connectivity index (χ2v) is 9.36. The van der Waals surface area contributed by atoms with Gasteiger partial charge in [-0.05, 0) is 30.0 Å². The number of benzene rings is 1. The third-order valence-electron chi connectivity index (χ3n) is 6.30. The summed E-state index contributed by atoms with van der Waals surface area (Å²) in [5.74, 6) is 0.944. The molecule has 1 saturated carbocycles. The zero-order valence-electron chi connectivity index (χ0n) is 18.3. The van der Waals surface area contributed by atoms with Crippen LogP contribution in [0.3, 0.4) is 0 Å². The number of nitrogens with zero attached hydrogens (tertiary/aromatic N) is 6. The molecule has 0 unspecified atom stereocenters. The van der Waals surface area contributed by atoms with Gasteiger partial charge in [0.1, 0.15) is 16.7 Å². The number of carbonyl (C=O) groups excluding carboxylic acids is 1. The molecule has 3 aromatic heterocycles. The third-order valence-corrected chi connectivity index (χ3v) is 7.05. The maximum atomic E-state index is 13.6. The van der Waals surface area contributed by atoms with Crippen molar-refractivity contribution in [2.75, 3.05) is 4.90 Å². The van der Waals surface area contributed by atoms with Crippen molar-refractivity contribution in [3.8, 4) is 0 Å². The van der Waals surface area contributed by atoms with Crippen molar-refractivity contribution in [3.63, 3.8) is 0 Å². The van der Waals surface area contributed by atoms with Gasteiger partial charge in [-0.3, -0.25) is 14.4 Å². The molecule has 0 spiro atoms. The van der Waals surface area contributed by atoms with Crippen molar-refractivity contribution in [2.45, 2.75) is 38.5 Å². The van der Waals surface area contributed by atoms with Crippen LogP contribution in [-0.2, 0) is 31.5 Å². The predicted molar refractivity (Wildman–Crippen MR) is 128 cm³/mol. The maximum absolute atomic E-state index is 13.6. The van der Waals surface area contributed by atoms with E-state index in [0.717, 1.165) is 46.3 Å². The van der Waals surface area contributed by atoms with Crippen molar-refractivity contribution in [2.24, 2.45) is 7.05 Å². The Kier molecular flexibility index (Phi) is 5.24. The minimum absolute atomic E-state index is 0.259. The summed E-state index contributed by atoms with van der Waals surface area (Å²) in [5.41, 5.74) is 4.54. The first-order valence-corrected chi connectivity index (χ1v) is 11.7. The molecule has 34 heavy (non-hydrogen) atoms. The fourth-order valence-corrected chi connectivity index (χ4v) is 4.70. The maximum Gasteiger partial charge on any atom is 0.261 e. The van der Waals surface area contributed by atoms with Gasteiger partial charge in [0.05, 0.1) is 37.0 Å². The second-order valence-electron chi connectivity index (χ2n) is 8.64. The lowest BCUT2D eigenvalue weighted by Crippen LogP contribution is -2.30. The van der Waals surface area contributed by atoms with Gasteiger partial charge in [0.25, 0.3) is 5.91 Å². The molecule has 4 heterocycles. The number of fused-ring (bicyclic) bond motifs is 3. The predicted octanol–water partition coefficient (Wildman–Crippen LogP) is 4.82. The first-order valence-electron chi connectivity index (χ1n) is 11.0. The highest BCUT2D eigenvalue weighted by atomic mass is 35.5. The molecule has 0 bridgehead atoms. The monoisotopic (exact) mass is 494 g/mol. The smallest absolute Gasteiger partial charge is 0.261 e. The van der Waals surface area contributed by atoms with Crippen molar-refractivity contribution in [1.29, 1.82) is 0 Å². The van der Waals surface area contributed by atoms with Crippen LogP contribution < -0.4 is 4.90 Å². The Hall–Kier alpha value is -3.07. The van der Waals surface area contributed by atoms with Gasteiger partial charge in [0, 0.05) is 36.3 Å². The topological polar surface area (TPSA) is 86.0 Å². The second kappa shape index (κ2) is 8.30. The van der Waals surface area contributed by atoms with Crippen LogP contribution in [0, 0.1) is 0 Å². The van der Waals surface area contributed by atoms with E-state index in [1.165, 1.54) is 4.68 Å². The number of hydrogen-bond acceptors (Lipinski definition) is 6. The SMILES string of the molecule is Cn1ncc(N(Cc2ccc3c4c(c(Cl)nc3c2)COC4)C(=O)c2cnc(C3CC3)nc2)c1Cl. The van der Waals surface area contributed by atoms with Crippen molar-refractivity contribution in [3.05, 3.63) is 75.2 Å². The summed E-state index contributed by atoms with van der Waals surface area (Å²) in [6.45, 7) is 1.25. The van der Waals surface area contributed by atoms with Gasteiger partial charge in [-0.2, -0.15) is 5.10 Å². The normalized spacial score (nSPS) is 15.0. The lowest BCUT2D eigenvalue weighted by Gasteiger charge is -2.22. The zero-order chi connectivity index (χ0) is 23.4. The van der Waals surface area contributed by atoms with Gasteiger partial charge in [-0.15, -0.1) is 0 Å². The molecule has 1 aliphatic heterocycles. The summed E-state index contributed by atoms with van der Waals surface area (Å²) in [4.78, 5) is 28.5. The van der Waals surface area contributed by atoms with Gasteiger partial charge >= 0.3 is 0 Å². The number of aromatic nitrogens is 5. The number of amides is 1. The van der Waals surface area contributed by atoms with Crippen LogP contribution in [0.5, 0.6) is 0 Å². The van der Waals surface area contributed by atoms with E-state index >= 15 is 0 Å². The van der Waals surface area contributed by atoms with E-state index in [-0.39, 0.29) is 12.5 Å². The molecule has 172 valence electrons. The summed E-state index contributed by atoms with van der Waals surface area (Å²) in [7, 11) is 1.73. The number of pyridine rings is 1. The van der Waals surface area contributed by atoms with Gasteiger partial charge < -0.3 is 4.74 Å². The zero-order valence-corrected chi connectivity index (χ0v) is 19.8. The minimum Gasteiger partial charge on any atom is -0.372 e. The van der Waals surface area contributed by atoms with Gasteiger partial charge in [-0.25, -0.2) is 15.0 Å². The quantitative estimate of drug-likeness (QED) is 0.369. The third kappa shape index (κ3) is 3.72. The van der Waals surface area contributed by atoms with E-state index in [0.29, 0.717) is 40.7 Å². The lowest BCUT2D eigenvalue weighted by molar-refractivity contribution is 0.0984. The van der Waals surface area contributed by atoms with Gasteiger partial charge in [-0.1, -0.05) is 35.3 Å². The number of halogens is 2. The van der Waals surface area contributed by atoms with E-state index in [9.17, 15) is 4.79 Å². The van der Waals surface area contributed by atoms with E-state index in [1.54, 1.807) is 30.5 Å². The fraction of sp³-hybridized carbons (Fsp3) is 0.292. The van der Waals surface area contributed by atoms with Crippen LogP contribution >= 0.6 is 23.2 Å². The summed E-state index contributed by atoms with van der Waals surface area (Å²) < 4.78 is 7.09. The standard InChI is InChI=1S/C24H20Cl2N6O2/c1-31-22(26)20(9-29-31)32(24(33)15-7-27-23(28-8-15)14-3-4-14)10-13-2-5-16-17-11-34-12-18(17)21(25)30-19(16)6-13/h2,5-9,14H,3-4,10-12H2,1H3. The van der Waals surface area contributed by atoms with E-state index < -0.39 is 0 Å². The Morgan fingerprint density at radius 2 is 1.91 bits per heavy atom.